The molecule has 0 bridgehead atoms. The zero-order valence-electron chi connectivity index (χ0n) is 9.23. The second-order valence-corrected chi connectivity index (χ2v) is 3.86. The topological polar surface area (TPSA) is 40.5 Å². The maximum Gasteiger partial charge on any atom is 0.123 e. The Hall–Kier alpha value is -1.71. The highest BCUT2D eigenvalue weighted by molar-refractivity contribution is 5.65. The first-order valence-electron chi connectivity index (χ1n) is 5.33. The summed E-state index contributed by atoms with van der Waals surface area (Å²) in [6.45, 7) is -0.163. The molecule has 0 saturated heterocycles. The van der Waals surface area contributed by atoms with Gasteiger partial charge >= 0.3 is 0 Å². The first-order chi connectivity index (χ1) is 8.22. The highest BCUT2D eigenvalue weighted by Crippen LogP contribution is 2.23. The second-order valence-electron chi connectivity index (χ2n) is 3.86. The average molecular weight is 232 g/mol. The Kier molecular flexibility index (Phi) is 3.52. The van der Waals surface area contributed by atoms with E-state index in [1.807, 2.05) is 12.1 Å². The van der Waals surface area contributed by atoms with Gasteiger partial charge in [-0.1, -0.05) is 18.2 Å². The lowest BCUT2D eigenvalue weighted by Gasteiger charge is -2.07. The number of hydrogen-bond donors (Lipinski definition) is 2. The summed E-state index contributed by atoms with van der Waals surface area (Å²) in [5.41, 5.74) is 3.18. The molecule has 0 aliphatic heterocycles. The molecule has 0 amide bonds. The Morgan fingerprint density at radius 1 is 0.765 bits per heavy atom. The van der Waals surface area contributed by atoms with Crippen LogP contribution in [0.3, 0.4) is 0 Å². The van der Waals surface area contributed by atoms with Crippen molar-refractivity contribution in [1.82, 2.24) is 0 Å². The molecule has 0 aliphatic carbocycles. The van der Waals surface area contributed by atoms with E-state index in [0.29, 0.717) is 0 Å². The van der Waals surface area contributed by atoms with Gasteiger partial charge in [-0.3, -0.25) is 0 Å². The molecule has 0 aliphatic rings. The van der Waals surface area contributed by atoms with Crippen LogP contribution < -0.4 is 0 Å². The fourth-order valence-corrected chi connectivity index (χ4v) is 1.75. The Bertz CT molecular complexity index is 484. The van der Waals surface area contributed by atoms with Gasteiger partial charge in [-0.2, -0.15) is 0 Å². The van der Waals surface area contributed by atoms with E-state index in [-0.39, 0.29) is 19.0 Å². The van der Waals surface area contributed by atoms with Crippen LogP contribution in [0, 0.1) is 5.82 Å². The summed E-state index contributed by atoms with van der Waals surface area (Å²) in [6.07, 6.45) is 0. The molecule has 17 heavy (non-hydrogen) atoms. The fourth-order valence-electron chi connectivity index (χ4n) is 1.75. The zero-order chi connectivity index (χ0) is 12.3. The zero-order valence-corrected chi connectivity index (χ0v) is 9.23. The number of hydrogen-bond acceptors (Lipinski definition) is 2. The van der Waals surface area contributed by atoms with Gasteiger partial charge in [0.1, 0.15) is 5.82 Å². The molecular formula is C14H13FO2. The van der Waals surface area contributed by atoms with Crippen molar-refractivity contribution in [2.45, 2.75) is 13.2 Å². The molecule has 2 aromatic carbocycles. The molecule has 88 valence electrons. The van der Waals surface area contributed by atoms with Crippen molar-refractivity contribution < 1.29 is 14.6 Å². The molecule has 0 saturated carbocycles. The summed E-state index contributed by atoms with van der Waals surface area (Å²) in [7, 11) is 0. The number of halogens is 1. The normalized spacial score (nSPS) is 10.5. The van der Waals surface area contributed by atoms with Crippen molar-refractivity contribution in [2.75, 3.05) is 0 Å². The van der Waals surface area contributed by atoms with Crippen molar-refractivity contribution in [3.63, 3.8) is 0 Å². The van der Waals surface area contributed by atoms with E-state index in [4.69, 9.17) is 10.2 Å². The van der Waals surface area contributed by atoms with Crippen LogP contribution in [0.4, 0.5) is 4.39 Å². The first kappa shape index (κ1) is 11.8. The fraction of sp³-hybridized carbons (Fsp3) is 0.143. The number of benzene rings is 2. The average Bonchev–Trinajstić information content (AvgIpc) is 2.39. The van der Waals surface area contributed by atoms with E-state index in [1.54, 1.807) is 18.2 Å². The highest BCUT2D eigenvalue weighted by Gasteiger charge is 2.03. The monoisotopic (exact) mass is 232 g/mol. The standard InChI is InChI=1S/C14H13FO2/c15-14-3-1-12(2-4-14)13-6-10(8-16)5-11(7-13)9-17/h1-7,16-17H,8-9H2. The molecule has 2 aromatic rings. The molecule has 2 N–H and O–H groups in total. The van der Waals surface area contributed by atoms with Crippen molar-refractivity contribution in [1.29, 1.82) is 0 Å². The van der Waals surface area contributed by atoms with Crippen LogP contribution >= 0.6 is 0 Å². The second kappa shape index (κ2) is 5.08. The third kappa shape index (κ3) is 2.70. The van der Waals surface area contributed by atoms with Gasteiger partial charge in [0, 0.05) is 0 Å². The third-order valence-electron chi connectivity index (χ3n) is 2.60. The van der Waals surface area contributed by atoms with Gasteiger partial charge in [-0.05, 0) is 46.5 Å². The van der Waals surface area contributed by atoms with Crippen LogP contribution in [0.2, 0.25) is 0 Å². The molecule has 0 aromatic heterocycles. The van der Waals surface area contributed by atoms with E-state index in [1.165, 1.54) is 12.1 Å². The highest BCUT2D eigenvalue weighted by atomic mass is 19.1. The van der Waals surface area contributed by atoms with Crippen molar-refractivity contribution in [3.8, 4) is 11.1 Å². The van der Waals surface area contributed by atoms with Crippen LogP contribution in [0.5, 0.6) is 0 Å². The molecule has 3 heteroatoms. The molecule has 0 fully saturated rings. The lowest BCUT2D eigenvalue weighted by molar-refractivity contribution is 0.275. The summed E-state index contributed by atoms with van der Waals surface area (Å²) < 4.78 is 12.8. The van der Waals surface area contributed by atoms with Gasteiger partial charge in [0.25, 0.3) is 0 Å². The maximum absolute atomic E-state index is 12.8. The number of rotatable bonds is 3. The Morgan fingerprint density at radius 2 is 1.29 bits per heavy atom. The lowest BCUT2D eigenvalue weighted by atomic mass is 10.0. The van der Waals surface area contributed by atoms with Gasteiger partial charge in [0.15, 0.2) is 0 Å². The SMILES string of the molecule is OCc1cc(CO)cc(-c2ccc(F)cc2)c1. The molecular weight excluding hydrogens is 219 g/mol. The number of aliphatic hydroxyl groups is 2. The minimum atomic E-state index is -0.283. The Morgan fingerprint density at radius 3 is 1.76 bits per heavy atom. The van der Waals surface area contributed by atoms with Gasteiger partial charge in [0.05, 0.1) is 13.2 Å². The summed E-state index contributed by atoms with van der Waals surface area (Å²) in [6, 6.07) is 11.5. The molecule has 0 atom stereocenters. The van der Waals surface area contributed by atoms with Gasteiger partial charge in [0.2, 0.25) is 0 Å². The van der Waals surface area contributed by atoms with Crippen LogP contribution in [0.25, 0.3) is 11.1 Å². The van der Waals surface area contributed by atoms with Crippen LogP contribution in [0.15, 0.2) is 42.5 Å². The van der Waals surface area contributed by atoms with Gasteiger partial charge in [-0.15, -0.1) is 0 Å². The first-order valence-corrected chi connectivity index (χ1v) is 5.33. The summed E-state index contributed by atoms with van der Waals surface area (Å²) in [5.74, 6) is -0.283. The molecule has 0 spiro atoms. The van der Waals surface area contributed by atoms with Crippen LogP contribution in [-0.2, 0) is 13.2 Å². The molecule has 0 unspecified atom stereocenters. The van der Waals surface area contributed by atoms with Gasteiger partial charge in [-0.25, -0.2) is 4.39 Å². The van der Waals surface area contributed by atoms with Crippen LogP contribution in [0.1, 0.15) is 11.1 Å². The maximum atomic E-state index is 12.8. The minimum Gasteiger partial charge on any atom is -0.392 e. The smallest absolute Gasteiger partial charge is 0.123 e. The summed E-state index contributed by atoms with van der Waals surface area (Å²) in [4.78, 5) is 0. The predicted molar refractivity (Wildman–Crippen MR) is 63.7 cm³/mol. The van der Waals surface area contributed by atoms with E-state index in [2.05, 4.69) is 0 Å². The largest absolute Gasteiger partial charge is 0.392 e. The van der Waals surface area contributed by atoms with E-state index in [9.17, 15) is 4.39 Å². The quantitative estimate of drug-likeness (QED) is 0.853. The van der Waals surface area contributed by atoms with Crippen molar-refractivity contribution >= 4 is 0 Å². The van der Waals surface area contributed by atoms with E-state index in [0.717, 1.165) is 22.3 Å². The third-order valence-corrected chi connectivity index (χ3v) is 2.60. The van der Waals surface area contributed by atoms with E-state index >= 15 is 0 Å². The molecule has 0 radical (unpaired) electrons. The summed E-state index contributed by atoms with van der Waals surface area (Å²) in [5, 5.41) is 18.3. The number of aliphatic hydroxyl groups excluding tert-OH is 2. The molecule has 2 rings (SSSR count). The Balaban J connectivity index is 2.46. The summed E-state index contributed by atoms with van der Waals surface area (Å²) >= 11 is 0. The lowest BCUT2D eigenvalue weighted by Crippen LogP contribution is -1.91. The Labute approximate surface area is 99.0 Å². The minimum absolute atomic E-state index is 0.0813. The van der Waals surface area contributed by atoms with Crippen molar-refractivity contribution in [3.05, 3.63) is 59.4 Å². The predicted octanol–water partition coefficient (Wildman–Crippen LogP) is 2.48. The van der Waals surface area contributed by atoms with Crippen molar-refractivity contribution in [2.24, 2.45) is 0 Å². The molecule has 0 heterocycles. The van der Waals surface area contributed by atoms with Gasteiger partial charge < -0.3 is 10.2 Å². The molecule has 2 nitrogen and oxygen atoms in total. The van der Waals surface area contributed by atoms with Crippen LogP contribution in [-0.4, -0.2) is 10.2 Å². The van der Waals surface area contributed by atoms with E-state index < -0.39 is 0 Å².